The lowest BCUT2D eigenvalue weighted by molar-refractivity contribution is -0.139. The fraction of sp³-hybridized carbons (Fsp3) is 0.192. The fourth-order valence-corrected chi connectivity index (χ4v) is 5.63. The molecule has 0 aromatic heterocycles. The number of hydrogen-bond donors (Lipinski definition) is 2. The van der Waals surface area contributed by atoms with Crippen molar-refractivity contribution < 1.29 is 27.5 Å². The number of para-hydroxylation sites is 1. The van der Waals surface area contributed by atoms with Crippen LogP contribution in [0.5, 0.6) is 0 Å². The average Bonchev–Trinajstić information content (AvgIpc) is 3.40. The molecule has 1 atom stereocenters. The van der Waals surface area contributed by atoms with Gasteiger partial charge in [0.15, 0.2) is 5.69 Å². The van der Waals surface area contributed by atoms with E-state index in [0.29, 0.717) is 17.7 Å². The van der Waals surface area contributed by atoms with Crippen LogP contribution in [0.25, 0.3) is 16.0 Å². The van der Waals surface area contributed by atoms with Crippen LogP contribution in [0.15, 0.2) is 77.7 Å². The molecule has 190 valence electrons. The Morgan fingerprint density at radius 3 is 2.46 bits per heavy atom. The Balaban J connectivity index is 1.48. The highest BCUT2D eigenvalue weighted by atomic mass is 32.2. The van der Waals surface area contributed by atoms with Crippen molar-refractivity contribution in [2.24, 2.45) is 0 Å². The molecular formula is C26H23FN4O5S. The molecule has 0 saturated carbocycles. The van der Waals surface area contributed by atoms with Crippen molar-refractivity contribution in [1.29, 1.82) is 0 Å². The molecule has 1 heterocycles. The van der Waals surface area contributed by atoms with Gasteiger partial charge >= 0.3 is 12.0 Å². The first-order valence-electron chi connectivity index (χ1n) is 11.4. The minimum Gasteiger partial charge on any atom is -0.480 e. The number of carboxylic acids is 1. The SMILES string of the molecule is [C-]#[N+]c1ccccc1-c1ccc(C[C@H](NC(=O)N2CCCN2S(=O)(=O)c2cccc(F)c2)C(=O)O)cc1. The largest absolute Gasteiger partial charge is 0.480 e. The first-order chi connectivity index (χ1) is 17.7. The van der Waals surface area contributed by atoms with E-state index in [2.05, 4.69) is 10.2 Å². The monoisotopic (exact) mass is 522 g/mol. The van der Waals surface area contributed by atoms with Gasteiger partial charge < -0.3 is 10.4 Å². The summed E-state index contributed by atoms with van der Waals surface area (Å²) in [5.74, 6) is -2.01. The van der Waals surface area contributed by atoms with Gasteiger partial charge in [0.2, 0.25) is 0 Å². The topological polar surface area (TPSA) is 111 Å². The zero-order chi connectivity index (χ0) is 26.6. The van der Waals surface area contributed by atoms with Crippen LogP contribution < -0.4 is 5.32 Å². The normalized spacial score (nSPS) is 14.6. The van der Waals surface area contributed by atoms with E-state index in [0.717, 1.165) is 32.7 Å². The summed E-state index contributed by atoms with van der Waals surface area (Å²) in [4.78, 5) is 28.1. The van der Waals surface area contributed by atoms with E-state index in [9.17, 15) is 27.5 Å². The number of nitrogens with one attached hydrogen (secondary N) is 1. The third kappa shape index (κ3) is 5.61. The zero-order valence-corrected chi connectivity index (χ0v) is 20.4. The van der Waals surface area contributed by atoms with Gasteiger partial charge in [-0.25, -0.2) is 32.3 Å². The molecule has 37 heavy (non-hydrogen) atoms. The van der Waals surface area contributed by atoms with E-state index in [1.165, 1.54) is 12.1 Å². The summed E-state index contributed by atoms with van der Waals surface area (Å²) < 4.78 is 40.5. The summed E-state index contributed by atoms with van der Waals surface area (Å²) in [6, 6.07) is 16.4. The summed E-state index contributed by atoms with van der Waals surface area (Å²) in [7, 11) is -4.22. The molecule has 1 fully saturated rings. The van der Waals surface area contributed by atoms with Crippen LogP contribution in [0.4, 0.5) is 14.9 Å². The van der Waals surface area contributed by atoms with E-state index in [1.807, 2.05) is 12.1 Å². The van der Waals surface area contributed by atoms with E-state index >= 15 is 0 Å². The maximum Gasteiger partial charge on any atom is 0.333 e. The molecule has 9 nitrogen and oxygen atoms in total. The van der Waals surface area contributed by atoms with Gasteiger partial charge in [0.25, 0.3) is 10.0 Å². The number of carbonyl (C=O) groups excluding carboxylic acids is 1. The summed E-state index contributed by atoms with van der Waals surface area (Å²) in [5.41, 5.74) is 2.67. The van der Waals surface area contributed by atoms with E-state index in [-0.39, 0.29) is 24.4 Å². The van der Waals surface area contributed by atoms with Gasteiger partial charge in [-0.3, -0.25) is 0 Å². The van der Waals surface area contributed by atoms with Gasteiger partial charge in [-0.1, -0.05) is 54.6 Å². The minimum absolute atomic E-state index is 0.00243. The van der Waals surface area contributed by atoms with Crippen molar-refractivity contribution in [2.45, 2.75) is 23.8 Å². The number of halogens is 1. The molecule has 2 N–H and O–H groups in total. The number of nitrogens with zero attached hydrogens (tertiary/aromatic N) is 3. The lowest BCUT2D eigenvalue weighted by Gasteiger charge is -2.28. The third-order valence-corrected chi connectivity index (χ3v) is 7.70. The Morgan fingerprint density at radius 2 is 1.78 bits per heavy atom. The van der Waals surface area contributed by atoms with Gasteiger partial charge in [0.05, 0.1) is 11.5 Å². The number of urea groups is 1. The highest BCUT2D eigenvalue weighted by Crippen LogP contribution is 2.30. The Hall–Kier alpha value is -4.27. The van der Waals surface area contributed by atoms with Crippen LogP contribution in [0.3, 0.4) is 0 Å². The first-order valence-corrected chi connectivity index (χ1v) is 12.8. The van der Waals surface area contributed by atoms with Gasteiger partial charge in [-0.2, -0.15) is 0 Å². The molecule has 0 bridgehead atoms. The molecule has 1 aliphatic heterocycles. The van der Waals surface area contributed by atoms with Gasteiger partial charge in [-0.15, -0.1) is 4.41 Å². The van der Waals surface area contributed by atoms with Crippen molar-refractivity contribution in [3.8, 4) is 11.1 Å². The van der Waals surface area contributed by atoms with Gasteiger partial charge in [-0.05, 0) is 41.3 Å². The highest BCUT2D eigenvalue weighted by Gasteiger charge is 2.38. The lowest BCUT2D eigenvalue weighted by atomic mass is 9.99. The van der Waals surface area contributed by atoms with Crippen LogP contribution in [0.1, 0.15) is 12.0 Å². The predicted molar refractivity (Wildman–Crippen MR) is 133 cm³/mol. The Bertz CT molecular complexity index is 1470. The first kappa shape index (κ1) is 25.8. The molecule has 1 aliphatic rings. The maximum absolute atomic E-state index is 13.6. The molecule has 0 spiro atoms. The number of carbonyl (C=O) groups is 2. The molecule has 4 rings (SSSR count). The van der Waals surface area contributed by atoms with Crippen LogP contribution in [0, 0.1) is 12.4 Å². The van der Waals surface area contributed by atoms with Crippen molar-refractivity contribution in [3.63, 3.8) is 0 Å². The number of amides is 2. The van der Waals surface area contributed by atoms with Crippen LogP contribution in [0.2, 0.25) is 0 Å². The standard InChI is InChI=1S/C26H23FN4O5S/c1-28-23-9-3-2-8-22(23)19-12-10-18(11-13-19)16-24(25(32)33)29-26(34)30-14-5-15-31(30)37(35,36)21-7-4-6-20(27)17-21/h2-4,6-13,17,24H,5,14-16H2,(H,29,34)(H,32,33)/t24-/m0/s1. The molecule has 3 aromatic rings. The highest BCUT2D eigenvalue weighted by molar-refractivity contribution is 7.89. The maximum atomic E-state index is 13.6. The Kier molecular flexibility index (Phi) is 7.52. The molecule has 0 unspecified atom stereocenters. The quantitative estimate of drug-likeness (QED) is 0.455. The number of benzene rings is 3. The van der Waals surface area contributed by atoms with Crippen LogP contribution in [-0.4, -0.2) is 54.1 Å². The second-order valence-electron chi connectivity index (χ2n) is 8.36. The number of hydrogen-bond acceptors (Lipinski definition) is 4. The third-order valence-electron chi connectivity index (χ3n) is 5.92. The smallest absolute Gasteiger partial charge is 0.333 e. The molecule has 0 radical (unpaired) electrons. The van der Waals surface area contributed by atoms with E-state index in [4.69, 9.17) is 6.57 Å². The average molecular weight is 523 g/mol. The van der Waals surface area contributed by atoms with Gasteiger partial charge in [0, 0.05) is 19.5 Å². The molecule has 11 heteroatoms. The summed E-state index contributed by atoms with van der Waals surface area (Å²) in [6.07, 6.45) is 0.295. The van der Waals surface area contributed by atoms with Crippen molar-refractivity contribution in [3.05, 3.63) is 95.6 Å². The second kappa shape index (κ2) is 10.8. The lowest BCUT2D eigenvalue weighted by Crippen LogP contribution is -2.53. The fourth-order valence-electron chi connectivity index (χ4n) is 4.08. The Morgan fingerprint density at radius 1 is 1.05 bits per heavy atom. The molecule has 1 saturated heterocycles. The zero-order valence-electron chi connectivity index (χ0n) is 19.5. The molecule has 2 amide bonds. The predicted octanol–water partition coefficient (Wildman–Crippen LogP) is 4.06. The number of aliphatic carboxylic acids is 1. The van der Waals surface area contributed by atoms with E-state index < -0.39 is 33.9 Å². The van der Waals surface area contributed by atoms with Gasteiger partial charge in [0.1, 0.15) is 11.9 Å². The summed E-state index contributed by atoms with van der Waals surface area (Å²) in [6.45, 7) is 7.38. The minimum atomic E-state index is -4.22. The molecule has 0 aliphatic carbocycles. The Labute approximate surface area is 213 Å². The second-order valence-corrected chi connectivity index (χ2v) is 10.2. The van der Waals surface area contributed by atoms with E-state index in [1.54, 1.807) is 36.4 Å². The molecule has 3 aromatic carbocycles. The number of hydrazine groups is 1. The molecular weight excluding hydrogens is 499 g/mol. The number of rotatable bonds is 7. The van der Waals surface area contributed by atoms with Crippen molar-refractivity contribution in [1.82, 2.24) is 14.7 Å². The van der Waals surface area contributed by atoms with Crippen molar-refractivity contribution in [2.75, 3.05) is 13.1 Å². The number of carboxylic acid groups (broad SMARTS) is 1. The summed E-state index contributed by atoms with van der Waals surface area (Å²) >= 11 is 0. The van der Waals surface area contributed by atoms with Crippen molar-refractivity contribution >= 4 is 27.7 Å². The number of sulfonamides is 1. The summed E-state index contributed by atoms with van der Waals surface area (Å²) in [5, 5.41) is 13.1. The van der Waals surface area contributed by atoms with Crippen LogP contribution >= 0.6 is 0 Å². The van der Waals surface area contributed by atoms with Crippen LogP contribution in [-0.2, 0) is 21.2 Å².